The number of rotatable bonds is 3. The Balaban J connectivity index is 1.29. The molecule has 0 spiro atoms. The van der Waals surface area contributed by atoms with Gasteiger partial charge in [-0.1, -0.05) is 12.1 Å². The first-order chi connectivity index (χ1) is 11.8. The molecule has 5 rings (SSSR count). The van der Waals surface area contributed by atoms with Crippen LogP contribution in [0.3, 0.4) is 0 Å². The molecular formula is C18H19N5O. The first-order valence-electron chi connectivity index (χ1n) is 8.56. The van der Waals surface area contributed by atoms with Gasteiger partial charge in [-0.3, -0.25) is 4.79 Å². The quantitative estimate of drug-likeness (QED) is 0.798. The van der Waals surface area contributed by atoms with E-state index in [2.05, 4.69) is 20.0 Å². The SMILES string of the molecule is O=c1cc2c(nn1CC1CN(c3nc4ccccc4[nH]3)C1)CCC2. The van der Waals surface area contributed by atoms with Gasteiger partial charge in [-0.25, -0.2) is 9.67 Å². The van der Waals surface area contributed by atoms with Crippen molar-refractivity contribution >= 4 is 17.0 Å². The minimum Gasteiger partial charge on any atom is -0.342 e. The average molecular weight is 321 g/mol. The van der Waals surface area contributed by atoms with Gasteiger partial charge in [0, 0.05) is 25.1 Å². The summed E-state index contributed by atoms with van der Waals surface area (Å²) in [5, 5.41) is 4.57. The number of hydrogen-bond donors (Lipinski definition) is 1. The van der Waals surface area contributed by atoms with Crippen molar-refractivity contribution in [3.05, 3.63) is 51.9 Å². The van der Waals surface area contributed by atoms with Crippen LogP contribution < -0.4 is 10.5 Å². The highest BCUT2D eigenvalue weighted by Gasteiger charge is 2.30. The number of nitrogens with one attached hydrogen (secondary N) is 1. The van der Waals surface area contributed by atoms with E-state index in [1.807, 2.05) is 24.3 Å². The van der Waals surface area contributed by atoms with Crippen molar-refractivity contribution in [2.45, 2.75) is 25.8 Å². The molecule has 0 unspecified atom stereocenters. The number of aromatic amines is 1. The zero-order valence-corrected chi connectivity index (χ0v) is 13.4. The average Bonchev–Trinajstić information content (AvgIpc) is 3.15. The minimum atomic E-state index is 0.0397. The van der Waals surface area contributed by atoms with Gasteiger partial charge in [0.05, 0.1) is 23.3 Å². The van der Waals surface area contributed by atoms with Crippen molar-refractivity contribution in [1.82, 2.24) is 19.7 Å². The van der Waals surface area contributed by atoms with Crippen LogP contribution in [0.4, 0.5) is 5.95 Å². The lowest BCUT2D eigenvalue weighted by atomic mass is 10.0. The maximum atomic E-state index is 12.2. The van der Waals surface area contributed by atoms with Crippen molar-refractivity contribution in [3.8, 4) is 0 Å². The molecule has 3 aromatic rings. The predicted octanol–water partition coefficient (Wildman–Crippen LogP) is 1.74. The first kappa shape index (κ1) is 13.8. The molecule has 0 amide bonds. The number of hydrogen-bond acceptors (Lipinski definition) is 4. The third kappa shape index (κ3) is 2.21. The number of nitrogens with zero attached hydrogens (tertiary/aromatic N) is 4. The van der Waals surface area contributed by atoms with Gasteiger partial charge < -0.3 is 9.88 Å². The molecule has 24 heavy (non-hydrogen) atoms. The molecule has 6 nitrogen and oxygen atoms in total. The summed E-state index contributed by atoms with van der Waals surface area (Å²) >= 11 is 0. The van der Waals surface area contributed by atoms with Crippen LogP contribution in [-0.4, -0.2) is 32.8 Å². The molecule has 0 saturated carbocycles. The van der Waals surface area contributed by atoms with Gasteiger partial charge in [0.25, 0.3) is 5.56 Å². The van der Waals surface area contributed by atoms with Crippen LogP contribution >= 0.6 is 0 Å². The maximum absolute atomic E-state index is 12.2. The van der Waals surface area contributed by atoms with Crippen molar-refractivity contribution < 1.29 is 0 Å². The zero-order chi connectivity index (χ0) is 16.1. The number of imidazole rings is 1. The smallest absolute Gasteiger partial charge is 0.267 e. The molecule has 0 atom stereocenters. The Morgan fingerprint density at radius 3 is 2.96 bits per heavy atom. The molecule has 2 aliphatic rings. The van der Waals surface area contributed by atoms with Crippen LogP contribution in [0, 0.1) is 5.92 Å². The van der Waals surface area contributed by atoms with E-state index in [-0.39, 0.29) is 5.56 Å². The third-order valence-corrected chi connectivity index (χ3v) is 5.09. The number of aryl methyl sites for hydroxylation is 2. The second-order valence-corrected chi connectivity index (χ2v) is 6.84. The fourth-order valence-corrected chi connectivity index (χ4v) is 3.76. The third-order valence-electron chi connectivity index (χ3n) is 5.09. The van der Waals surface area contributed by atoms with Gasteiger partial charge in [-0.05, 0) is 37.0 Å². The lowest BCUT2D eigenvalue weighted by molar-refractivity contribution is 0.330. The number of anilines is 1. The van der Waals surface area contributed by atoms with Crippen molar-refractivity contribution in [2.24, 2.45) is 5.92 Å². The number of aromatic nitrogens is 4. The number of H-pyrrole nitrogens is 1. The molecule has 1 aliphatic carbocycles. The van der Waals surface area contributed by atoms with Gasteiger partial charge in [0.1, 0.15) is 0 Å². The Labute approximate surface area is 139 Å². The lowest BCUT2D eigenvalue weighted by Gasteiger charge is -2.39. The molecule has 1 aromatic carbocycles. The Morgan fingerprint density at radius 1 is 1.21 bits per heavy atom. The van der Waals surface area contributed by atoms with Crippen LogP contribution in [0.5, 0.6) is 0 Å². The Hall–Kier alpha value is -2.63. The maximum Gasteiger partial charge on any atom is 0.267 e. The van der Waals surface area contributed by atoms with Crippen LogP contribution in [0.1, 0.15) is 17.7 Å². The molecule has 0 bridgehead atoms. The van der Waals surface area contributed by atoms with Crippen molar-refractivity contribution in [1.29, 1.82) is 0 Å². The van der Waals surface area contributed by atoms with Crippen LogP contribution in [0.2, 0.25) is 0 Å². The summed E-state index contributed by atoms with van der Waals surface area (Å²) in [5.74, 6) is 1.37. The summed E-state index contributed by atoms with van der Waals surface area (Å²) in [6.45, 7) is 2.51. The van der Waals surface area contributed by atoms with Crippen molar-refractivity contribution in [3.63, 3.8) is 0 Å². The number of fused-ring (bicyclic) bond motifs is 2. The molecular weight excluding hydrogens is 302 g/mol. The Morgan fingerprint density at radius 2 is 2.08 bits per heavy atom. The van der Waals surface area contributed by atoms with Gasteiger partial charge >= 0.3 is 0 Å². The van der Waals surface area contributed by atoms with E-state index in [0.717, 1.165) is 60.6 Å². The summed E-state index contributed by atoms with van der Waals surface area (Å²) in [4.78, 5) is 22.4. The molecule has 1 saturated heterocycles. The predicted molar refractivity (Wildman–Crippen MR) is 92.3 cm³/mol. The molecule has 1 N–H and O–H groups in total. The molecule has 3 heterocycles. The van der Waals surface area contributed by atoms with E-state index in [4.69, 9.17) is 0 Å². The summed E-state index contributed by atoms with van der Waals surface area (Å²) in [7, 11) is 0. The van der Waals surface area contributed by atoms with E-state index in [1.165, 1.54) is 0 Å². The molecule has 6 heteroatoms. The largest absolute Gasteiger partial charge is 0.342 e. The van der Waals surface area contributed by atoms with Crippen LogP contribution in [0.25, 0.3) is 11.0 Å². The monoisotopic (exact) mass is 321 g/mol. The first-order valence-corrected chi connectivity index (χ1v) is 8.56. The molecule has 1 fully saturated rings. The normalized spacial score (nSPS) is 17.2. The Kier molecular flexibility index (Phi) is 2.98. The van der Waals surface area contributed by atoms with E-state index in [0.29, 0.717) is 12.5 Å². The summed E-state index contributed by atoms with van der Waals surface area (Å²) in [6.07, 6.45) is 3.13. The van der Waals surface area contributed by atoms with E-state index < -0.39 is 0 Å². The highest BCUT2D eigenvalue weighted by molar-refractivity contribution is 5.77. The number of benzene rings is 1. The zero-order valence-electron chi connectivity index (χ0n) is 13.4. The molecule has 0 radical (unpaired) electrons. The van der Waals surface area contributed by atoms with E-state index in [9.17, 15) is 4.79 Å². The van der Waals surface area contributed by atoms with Gasteiger partial charge in [0.15, 0.2) is 0 Å². The molecule has 122 valence electrons. The number of para-hydroxylation sites is 2. The minimum absolute atomic E-state index is 0.0397. The summed E-state index contributed by atoms with van der Waals surface area (Å²) in [6, 6.07) is 9.84. The fraction of sp³-hybridized carbons (Fsp3) is 0.389. The fourth-order valence-electron chi connectivity index (χ4n) is 3.76. The van der Waals surface area contributed by atoms with Crippen molar-refractivity contribution in [2.75, 3.05) is 18.0 Å². The molecule has 2 aromatic heterocycles. The van der Waals surface area contributed by atoms with E-state index in [1.54, 1.807) is 10.7 Å². The highest BCUT2D eigenvalue weighted by atomic mass is 16.1. The highest BCUT2D eigenvalue weighted by Crippen LogP contribution is 2.25. The second-order valence-electron chi connectivity index (χ2n) is 6.84. The summed E-state index contributed by atoms with van der Waals surface area (Å²) < 4.78 is 1.66. The Bertz CT molecular complexity index is 934. The molecule has 1 aliphatic heterocycles. The van der Waals surface area contributed by atoms with Crippen LogP contribution in [-0.2, 0) is 19.4 Å². The lowest BCUT2D eigenvalue weighted by Crippen LogP contribution is -2.50. The van der Waals surface area contributed by atoms with Gasteiger partial charge in [-0.15, -0.1) is 0 Å². The van der Waals surface area contributed by atoms with Gasteiger partial charge in [-0.2, -0.15) is 5.10 Å². The second kappa shape index (κ2) is 5.19. The van der Waals surface area contributed by atoms with Gasteiger partial charge in [0.2, 0.25) is 5.95 Å². The standard InChI is InChI=1S/C18H19N5O/c24-17-8-13-4-3-7-14(13)21-23(17)11-12-9-22(10-12)18-19-15-5-1-2-6-16(15)20-18/h1-2,5-6,8,12H,3-4,7,9-11H2,(H,19,20). The summed E-state index contributed by atoms with van der Waals surface area (Å²) in [5.41, 5.74) is 4.36. The van der Waals surface area contributed by atoms with Crippen LogP contribution in [0.15, 0.2) is 35.1 Å². The topological polar surface area (TPSA) is 66.8 Å². The van der Waals surface area contributed by atoms with E-state index >= 15 is 0 Å².